The highest BCUT2D eigenvalue weighted by Crippen LogP contribution is 2.23. The van der Waals surface area contributed by atoms with Gasteiger partial charge in [-0.25, -0.2) is 0 Å². The lowest BCUT2D eigenvalue weighted by molar-refractivity contribution is -0.133. The first-order valence-electron chi connectivity index (χ1n) is 13.0. The molecule has 1 aliphatic heterocycles. The van der Waals surface area contributed by atoms with Crippen molar-refractivity contribution in [1.29, 1.82) is 0 Å². The molecule has 0 saturated carbocycles. The van der Waals surface area contributed by atoms with Crippen molar-refractivity contribution in [2.45, 2.75) is 37.8 Å². The van der Waals surface area contributed by atoms with E-state index in [0.717, 1.165) is 35.9 Å². The van der Waals surface area contributed by atoms with Gasteiger partial charge in [-0.3, -0.25) is 14.7 Å². The van der Waals surface area contributed by atoms with E-state index in [1.165, 1.54) is 5.39 Å². The number of piperazine rings is 1. The Hall–Kier alpha value is -2.84. The average molecular weight is 556 g/mol. The molecule has 3 aromatic carbocycles. The largest absolute Gasteiger partial charge is 0.370 e. The number of nitrogens with two attached hydrogens (primary N) is 3. The van der Waals surface area contributed by atoms with Crippen LogP contribution in [0.15, 0.2) is 65.7 Å². The summed E-state index contributed by atoms with van der Waals surface area (Å²) in [6, 6.07) is 20.0. The maximum absolute atomic E-state index is 13.3. The van der Waals surface area contributed by atoms with E-state index in [1.54, 1.807) is 6.07 Å². The van der Waals surface area contributed by atoms with Crippen LogP contribution >= 0.6 is 23.2 Å². The van der Waals surface area contributed by atoms with Gasteiger partial charge >= 0.3 is 0 Å². The molecule has 1 heterocycles. The Balaban J connectivity index is 1.39. The number of carbonyl (C=O) groups is 1. The molecule has 0 aliphatic carbocycles. The third-order valence-electron chi connectivity index (χ3n) is 7.08. The minimum atomic E-state index is -0.103. The lowest BCUT2D eigenvalue weighted by Crippen LogP contribution is -2.57. The number of hydrogen-bond acceptors (Lipinski definition) is 4. The molecule has 4 rings (SSSR count). The highest BCUT2D eigenvalue weighted by molar-refractivity contribution is 6.35. The molecule has 3 aromatic rings. The minimum absolute atomic E-state index is 0.0968. The number of fused-ring (bicyclic) bond motifs is 1. The van der Waals surface area contributed by atoms with Crippen molar-refractivity contribution in [2.24, 2.45) is 22.2 Å². The van der Waals surface area contributed by atoms with Crippen LogP contribution in [0.2, 0.25) is 10.0 Å². The number of rotatable bonds is 10. The van der Waals surface area contributed by atoms with Crippen LogP contribution in [0.3, 0.4) is 0 Å². The first kappa shape index (κ1) is 28.2. The topological polar surface area (TPSA) is 114 Å². The molecule has 202 valence electrons. The molecule has 7 nitrogen and oxygen atoms in total. The zero-order chi connectivity index (χ0) is 27.1. The number of halogens is 2. The third kappa shape index (κ3) is 7.84. The summed E-state index contributed by atoms with van der Waals surface area (Å²) in [6.45, 7) is 3.36. The van der Waals surface area contributed by atoms with Crippen LogP contribution in [0.4, 0.5) is 0 Å². The number of guanidine groups is 1. The van der Waals surface area contributed by atoms with Crippen molar-refractivity contribution in [3.8, 4) is 0 Å². The molecular formula is C29H36Cl2N6O. The third-order valence-corrected chi connectivity index (χ3v) is 7.67. The van der Waals surface area contributed by atoms with Crippen molar-refractivity contribution in [3.63, 3.8) is 0 Å². The van der Waals surface area contributed by atoms with Crippen molar-refractivity contribution in [2.75, 3.05) is 32.7 Å². The molecule has 1 saturated heterocycles. The number of aliphatic imine (C=N–C) groups is 1. The van der Waals surface area contributed by atoms with Gasteiger partial charge in [0, 0.05) is 54.9 Å². The molecule has 1 amide bonds. The Morgan fingerprint density at radius 3 is 2.58 bits per heavy atom. The minimum Gasteiger partial charge on any atom is -0.370 e. The van der Waals surface area contributed by atoms with Gasteiger partial charge in [-0.15, -0.1) is 0 Å². The van der Waals surface area contributed by atoms with Crippen LogP contribution in [0.25, 0.3) is 10.8 Å². The molecule has 2 atom stereocenters. The van der Waals surface area contributed by atoms with E-state index in [-0.39, 0.29) is 24.0 Å². The number of benzene rings is 3. The zero-order valence-corrected chi connectivity index (χ0v) is 23.0. The summed E-state index contributed by atoms with van der Waals surface area (Å²) in [7, 11) is 0. The standard InChI is InChI=1S/C29H36Cl2N6O/c30-24-10-9-23(27(31)17-24)16-25(32)18-36-12-13-37(19-26(36)6-3-11-35-29(33)34)28(38)15-20-7-8-21-4-1-2-5-22(21)14-20/h1-2,4-5,7-10,14,17,25-26H,3,6,11-13,15-16,18-19,32H2,(H4,33,34,35)/t25-,26?/m1/s1. The van der Waals surface area contributed by atoms with Gasteiger partial charge < -0.3 is 22.1 Å². The Bertz CT molecular complexity index is 1280. The molecule has 0 spiro atoms. The molecule has 0 aromatic heterocycles. The van der Waals surface area contributed by atoms with Gasteiger partial charge in [-0.05, 0) is 53.3 Å². The fraction of sp³-hybridized carbons (Fsp3) is 0.379. The second-order valence-electron chi connectivity index (χ2n) is 10.00. The highest BCUT2D eigenvalue weighted by Gasteiger charge is 2.30. The van der Waals surface area contributed by atoms with Gasteiger partial charge in [0.05, 0.1) is 6.42 Å². The number of amides is 1. The van der Waals surface area contributed by atoms with Crippen molar-refractivity contribution in [1.82, 2.24) is 9.80 Å². The first-order valence-corrected chi connectivity index (χ1v) is 13.8. The Morgan fingerprint density at radius 2 is 1.82 bits per heavy atom. The molecule has 1 aliphatic rings. The molecule has 0 radical (unpaired) electrons. The van der Waals surface area contributed by atoms with Gasteiger partial charge in [-0.1, -0.05) is 71.7 Å². The summed E-state index contributed by atoms with van der Waals surface area (Å²) < 4.78 is 0. The van der Waals surface area contributed by atoms with Gasteiger partial charge in [0.25, 0.3) is 0 Å². The normalized spacial score (nSPS) is 16.9. The van der Waals surface area contributed by atoms with E-state index in [1.807, 2.05) is 35.2 Å². The van der Waals surface area contributed by atoms with Crippen molar-refractivity contribution < 1.29 is 4.79 Å². The Morgan fingerprint density at radius 1 is 1.03 bits per heavy atom. The summed E-state index contributed by atoms with van der Waals surface area (Å²) in [4.78, 5) is 21.8. The lowest BCUT2D eigenvalue weighted by atomic mass is 10.0. The quantitative estimate of drug-likeness (QED) is 0.200. The molecule has 9 heteroatoms. The Labute approximate surface area is 234 Å². The van der Waals surface area contributed by atoms with Crippen LogP contribution < -0.4 is 17.2 Å². The van der Waals surface area contributed by atoms with E-state index in [0.29, 0.717) is 49.1 Å². The molecule has 1 fully saturated rings. The van der Waals surface area contributed by atoms with Crippen LogP contribution in [0, 0.1) is 0 Å². The summed E-state index contributed by atoms with van der Waals surface area (Å²) in [6.07, 6.45) is 2.73. The van der Waals surface area contributed by atoms with Gasteiger partial charge in [-0.2, -0.15) is 0 Å². The smallest absolute Gasteiger partial charge is 0.227 e. The Kier molecular flexibility index (Phi) is 9.86. The summed E-state index contributed by atoms with van der Waals surface area (Å²) in [5.41, 5.74) is 19.6. The molecule has 6 N–H and O–H groups in total. The summed E-state index contributed by atoms with van der Waals surface area (Å²) in [5, 5.41) is 3.56. The highest BCUT2D eigenvalue weighted by atomic mass is 35.5. The zero-order valence-electron chi connectivity index (χ0n) is 21.5. The predicted molar refractivity (Wildman–Crippen MR) is 158 cm³/mol. The van der Waals surface area contributed by atoms with E-state index in [9.17, 15) is 4.79 Å². The number of hydrogen-bond donors (Lipinski definition) is 3. The van der Waals surface area contributed by atoms with Crippen molar-refractivity contribution >= 4 is 45.8 Å². The van der Waals surface area contributed by atoms with Crippen LogP contribution in [-0.4, -0.2) is 66.5 Å². The maximum atomic E-state index is 13.3. The summed E-state index contributed by atoms with van der Waals surface area (Å²) in [5.74, 6) is 0.242. The monoisotopic (exact) mass is 554 g/mol. The maximum Gasteiger partial charge on any atom is 0.227 e. The first-order chi connectivity index (χ1) is 18.3. The molecule has 1 unspecified atom stereocenters. The number of carbonyl (C=O) groups excluding carboxylic acids is 1. The molecule has 0 bridgehead atoms. The molecular weight excluding hydrogens is 519 g/mol. The van der Waals surface area contributed by atoms with E-state index in [2.05, 4.69) is 34.2 Å². The summed E-state index contributed by atoms with van der Waals surface area (Å²) >= 11 is 12.4. The van der Waals surface area contributed by atoms with Gasteiger partial charge in [0.2, 0.25) is 5.91 Å². The van der Waals surface area contributed by atoms with E-state index >= 15 is 0 Å². The second kappa shape index (κ2) is 13.3. The fourth-order valence-corrected chi connectivity index (χ4v) is 5.62. The predicted octanol–water partition coefficient (Wildman–Crippen LogP) is 3.83. The average Bonchev–Trinajstić information content (AvgIpc) is 2.88. The van der Waals surface area contributed by atoms with Gasteiger partial charge in [0.15, 0.2) is 5.96 Å². The van der Waals surface area contributed by atoms with E-state index < -0.39 is 0 Å². The fourth-order valence-electron chi connectivity index (χ4n) is 5.14. The van der Waals surface area contributed by atoms with Gasteiger partial charge in [0.1, 0.15) is 0 Å². The number of nitrogens with zero attached hydrogens (tertiary/aromatic N) is 3. The second-order valence-corrected chi connectivity index (χ2v) is 10.8. The van der Waals surface area contributed by atoms with Crippen LogP contribution in [0.5, 0.6) is 0 Å². The SMILES string of the molecule is NC(N)=NCCCC1CN(C(=O)Cc2ccc3ccccc3c2)CCN1C[C@H](N)Cc1ccc(Cl)cc1Cl. The van der Waals surface area contributed by atoms with Crippen molar-refractivity contribution in [3.05, 3.63) is 81.8 Å². The van der Waals surface area contributed by atoms with Crippen LogP contribution in [0.1, 0.15) is 24.0 Å². The van der Waals surface area contributed by atoms with Crippen LogP contribution in [-0.2, 0) is 17.6 Å². The van der Waals surface area contributed by atoms with E-state index in [4.69, 9.17) is 40.4 Å². The lowest BCUT2D eigenvalue weighted by Gasteiger charge is -2.42. The molecule has 38 heavy (non-hydrogen) atoms.